The van der Waals surface area contributed by atoms with Crippen LogP contribution < -0.4 is 0 Å². The van der Waals surface area contributed by atoms with Gasteiger partial charge < -0.3 is 4.57 Å². The van der Waals surface area contributed by atoms with Crippen LogP contribution in [-0.4, -0.2) is 9.55 Å². The number of thiazole rings is 1. The van der Waals surface area contributed by atoms with Crippen LogP contribution in [-0.2, 0) is 6.54 Å². The maximum atomic E-state index is 14.1. The Balaban J connectivity index is 1.68. The number of rotatable bonds is 3. The summed E-state index contributed by atoms with van der Waals surface area (Å²) in [4.78, 5) is 4.80. The van der Waals surface area contributed by atoms with Crippen molar-refractivity contribution in [1.82, 2.24) is 9.55 Å². The van der Waals surface area contributed by atoms with E-state index in [0.29, 0.717) is 12.1 Å². The Kier molecular flexibility index (Phi) is 3.57. The summed E-state index contributed by atoms with van der Waals surface area (Å²) >= 11 is 1.69. The van der Waals surface area contributed by atoms with Gasteiger partial charge in [-0.2, -0.15) is 0 Å². The number of para-hydroxylation sites is 2. The Morgan fingerprint density at radius 1 is 0.885 bits per heavy atom. The molecule has 0 saturated heterocycles. The highest BCUT2D eigenvalue weighted by Gasteiger charge is 2.14. The van der Waals surface area contributed by atoms with E-state index in [2.05, 4.69) is 29.0 Å². The monoisotopic (exact) mass is 358 g/mol. The zero-order chi connectivity index (χ0) is 17.5. The van der Waals surface area contributed by atoms with Crippen LogP contribution in [0.3, 0.4) is 0 Å². The van der Waals surface area contributed by atoms with Crippen molar-refractivity contribution in [2.24, 2.45) is 0 Å². The first kappa shape index (κ1) is 15.3. The minimum Gasteiger partial charge on any atom is -0.342 e. The number of hydrogen-bond acceptors (Lipinski definition) is 2. The van der Waals surface area contributed by atoms with Gasteiger partial charge in [-0.1, -0.05) is 48.5 Å². The van der Waals surface area contributed by atoms with Crippen molar-refractivity contribution in [2.75, 3.05) is 0 Å². The number of nitrogens with zero attached hydrogens (tertiary/aromatic N) is 2. The van der Waals surface area contributed by atoms with Crippen LogP contribution in [0.4, 0.5) is 4.39 Å². The Morgan fingerprint density at radius 3 is 2.54 bits per heavy atom. The van der Waals surface area contributed by atoms with Crippen molar-refractivity contribution >= 4 is 32.5 Å². The van der Waals surface area contributed by atoms with Crippen molar-refractivity contribution < 1.29 is 4.39 Å². The second kappa shape index (κ2) is 6.07. The van der Waals surface area contributed by atoms with Crippen molar-refractivity contribution in [3.05, 3.63) is 90.4 Å². The highest BCUT2D eigenvalue weighted by Crippen LogP contribution is 2.36. The number of hydrogen-bond donors (Lipinski definition) is 0. The van der Waals surface area contributed by atoms with Crippen LogP contribution in [0.25, 0.3) is 31.7 Å². The van der Waals surface area contributed by atoms with E-state index < -0.39 is 0 Å². The smallest absolute Gasteiger partial charge is 0.128 e. The standard InChI is InChI=1S/C22H15FN2S/c23-18-9-3-1-7-15(18)13-25-14-17(16-8-2-5-11-20(16)25)22-24-19-10-4-6-12-21(19)26-22/h1-12,14H,13H2. The molecule has 0 aliphatic carbocycles. The van der Waals surface area contributed by atoms with Gasteiger partial charge in [0.05, 0.1) is 16.8 Å². The lowest BCUT2D eigenvalue weighted by Gasteiger charge is -2.06. The molecule has 0 amide bonds. The molecule has 0 aliphatic rings. The van der Waals surface area contributed by atoms with Crippen molar-refractivity contribution in [3.8, 4) is 10.6 Å². The molecule has 0 fully saturated rings. The molecule has 5 rings (SSSR count). The first-order chi connectivity index (χ1) is 12.8. The van der Waals surface area contributed by atoms with Crippen LogP contribution in [0.15, 0.2) is 79.0 Å². The Labute approximate surface area is 154 Å². The summed E-state index contributed by atoms with van der Waals surface area (Å²) < 4.78 is 17.4. The molecule has 0 radical (unpaired) electrons. The van der Waals surface area contributed by atoms with E-state index >= 15 is 0 Å². The number of fused-ring (bicyclic) bond motifs is 2. The van der Waals surface area contributed by atoms with E-state index in [1.54, 1.807) is 17.4 Å². The molecule has 126 valence electrons. The fourth-order valence-electron chi connectivity index (χ4n) is 3.35. The molecule has 0 spiro atoms. The minimum absolute atomic E-state index is 0.174. The van der Waals surface area contributed by atoms with Crippen molar-refractivity contribution in [2.45, 2.75) is 6.54 Å². The molecular weight excluding hydrogens is 343 g/mol. The predicted molar refractivity (Wildman–Crippen MR) is 106 cm³/mol. The molecule has 2 heterocycles. The van der Waals surface area contributed by atoms with Gasteiger partial charge in [-0.05, 0) is 24.3 Å². The zero-order valence-electron chi connectivity index (χ0n) is 13.9. The quantitative estimate of drug-likeness (QED) is 0.381. The highest BCUT2D eigenvalue weighted by molar-refractivity contribution is 7.21. The van der Waals surface area contributed by atoms with E-state index in [1.807, 2.05) is 42.5 Å². The van der Waals surface area contributed by atoms with E-state index in [9.17, 15) is 4.39 Å². The maximum absolute atomic E-state index is 14.1. The van der Waals surface area contributed by atoms with Crippen LogP contribution in [0, 0.1) is 5.82 Å². The minimum atomic E-state index is -0.174. The Morgan fingerprint density at radius 2 is 1.65 bits per heavy atom. The summed E-state index contributed by atoms with van der Waals surface area (Å²) in [7, 11) is 0. The van der Waals surface area contributed by atoms with Gasteiger partial charge >= 0.3 is 0 Å². The van der Waals surface area contributed by atoms with Gasteiger partial charge in [0.15, 0.2) is 0 Å². The summed E-state index contributed by atoms with van der Waals surface area (Å²) in [5.41, 5.74) is 3.88. The van der Waals surface area contributed by atoms with Crippen LogP contribution in [0.2, 0.25) is 0 Å². The second-order valence-corrected chi connectivity index (χ2v) is 7.30. The molecule has 0 saturated carbocycles. The molecule has 0 N–H and O–H groups in total. The molecule has 2 nitrogen and oxygen atoms in total. The summed E-state index contributed by atoms with van der Waals surface area (Å²) in [6, 6.07) is 23.3. The van der Waals surface area contributed by atoms with Gasteiger partial charge in [0.25, 0.3) is 0 Å². The molecule has 26 heavy (non-hydrogen) atoms. The van der Waals surface area contributed by atoms with Gasteiger partial charge in [0.1, 0.15) is 10.8 Å². The average Bonchev–Trinajstić information content (AvgIpc) is 3.25. The lowest BCUT2D eigenvalue weighted by Crippen LogP contribution is -2.00. The molecule has 0 unspecified atom stereocenters. The van der Waals surface area contributed by atoms with Crippen molar-refractivity contribution in [3.63, 3.8) is 0 Å². The molecular formula is C22H15FN2S. The number of benzene rings is 3. The van der Waals surface area contributed by atoms with Crippen LogP contribution >= 0.6 is 11.3 Å². The van der Waals surface area contributed by atoms with Crippen LogP contribution in [0.5, 0.6) is 0 Å². The van der Waals surface area contributed by atoms with Gasteiger partial charge in [-0.15, -0.1) is 11.3 Å². The molecule has 0 bridgehead atoms. The predicted octanol–water partition coefficient (Wildman–Crippen LogP) is 6.11. The Hall–Kier alpha value is -2.98. The molecule has 0 atom stereocenters. The van der Waals surface area contributed by atoms with Crippen LogP contribution in [0.1, 0.15) is 5.56 Å². The van der Waals surface area contributed by atoms with Gasteiger partial charge in [0, 0.05) is 28.2 Å². The van der Waals surface area contributed by atoms with E-state index in [-0.39, 0.29) is 5.82 Å². The average molecular weight is 358 g/mol. The third kappa shape index (κ3) is 2.50. The topological polar surface area (TPSA) is 17.8 Å². The largest absolute Gasteiger partial charge is 0.342 e. The van der Waals surface area contributed by atoms with Gasteiger partial charge in [-0.25, -0.2) is 9.37 Å². The SMILES string of the molecule is Fc1ccccc1Cn1cc(-c2nc3ccccc3s2)c2ccccc21. The lowest BCUT2D eigenvalue weighted by atomic mass is 10.2. The summed E-state index contributed by atoms with van der Waals surface area (Å²) in [6.07, 6.45) is 2.09. The first-order valence-corrected chi connectivity index (χ1v) is 9.28. The normalized spacial score (nSPS) is 11.4. The third-order valence-corrected chi connectivity index (χ3v) is 5.68. The maximum Gasteiger partial charge on any atom is 0.128 e. The van der Waals surface area contributed by atoms with Gasteiger partial charge in [0.2, 0.25) is 0 Å². The van der Waals surface area contributed by atoms with E-state index in [4.69, 9.17) is 4.98 Å². The summed E-state index contributed by atoms with van der Waals surface area (Å²) in [5.74, 6) is -0.174. The summed E-state index contributed by atoms with van der Waals surface area (Å²) in [6.45, 7) is 0.498. The number of aromatic nitrogens is 2. The summed E-state index contributed by atoms with van der Waals surface area (Å²) in [5, 5.41) is 2.14. The van der Waals surface area contributed by atoms with E-state index in [0.717, 1.165) is 27.0 Å². The Bertz CT molecular complexity index is 1200. The fraction of sp³-hybridized carbons (Fsp3) is 0.0455. The lowest BCUT2D eigenvalue weighted by molar-refractivity contribution is 0.602. The third-order valence-electron chi connectivity index (χ3n) is 4.61. The zero-order valence-corrected chi connectivity index (χ0v) is 14.7. The highest BCUT2D eigenvalue weighted by atomic mass is 32.1. The number of halogens is 1. The molecule has 0 aliphatic heterocycles. The molecule has 5 aromatic rings. The van der Waals surface area contributed by atoms with Crippen molar-refractivity contribution in [1.29, 1.82) is 0 Å². The second-order valence-electron chi connectivity index (χ2n) is 6.27. The van der Waals surface area contributed by atoms with E-state index in [1.165, 1.54) is 10.8 Å². The molecule has 4 heteroatoms. The molecule has 2 aromatic heterocycles. The van der Waals surface area contributed by atoms with Gasteiger partial charge in [-0.3, -0.25) is 0 Å². The first-order valence-electron chi connectivity index (χ1n) is 8.47. The molecule has 3 aromatic carbocycles. The fourth-order valence-corrected chi connectivity index (χ4v) is 4.34.